The zero-order valence-corrected chi connectivity index (χ0v) is 15.3. The van der Waals surface area contributed by atoms with Gasteiger partial charge in [0.05, 0.1) is 23.7 Å². The van der Waals surface area contributed by atoms with Crippen molar-refractivity contribution < 1.29 is 13.2 Å². The minimum absolute atomic E-state index is 0.0144. The highest BCUT2D eigenvalue weighted by molar-refractivity contribution is 7.92. The van der Waals surface area contributed by atoms with Gasteiger partial charge in [-0.3, -0.25) is 9.29 Å². The molecule has 0 radical (unpaired) electrons. The van der Waals surface area contributed by atoms with Crippen molar-refractivity contribution in [1.29, 1.82) is 0 Å². The van der Waals surface area contributed by atoms with Gasteiger partial charge in [-0.25, -0.2) is 8.42 Å². The van der Waals surface area contributed by atoms with Crippen LogP contribution in [-0.4, -0.2) is 19.2 Å². The highest BCUT2D eigenvalue weighted by Crippen LogP contribution is 2.34. The molecule has 0 aliphatic heterocycles. The second kappa shape index (κ2) is 8.01. The summed E-state index contributed by atoms with van der Waals surface area (Å²) in [5, 5.41) is 0. The van der Waals surface area contributed by atoms with Crippen LogP contribution in [0.2, 0.25) is 0 Å². The third kappa shape index (κ3) is 4.21. The molecule has 1 heterocycles. The molecular weight excluding hydrogens is 348 g/mol. The summed E-state index contributed by atoms with van der Waals surface area (Å²) in [6.45, 7) is 1.77. The molecule has 0 amide bonds. The lowest BCUT2D eigenvalue weighted by Gasteiger charge is -2.25. The van der Waals surface area contributed by atoms with E-state index in [4.69, 9.17) is 4.74 Å². The number of nitrogens with zero attached hydrogens (tertiary/aromatic N) is 2. The van der Waals surface area contributed by atoms with E-state index >= 15 is 0 Å². The molecule has 0 fully saturated rings. The smallest absolute Gasteiger partial charge is 0.235 e. The van der Waals surface area contributed by atoms with Crippen LogP contribution in [0.25, 0.3) is 0 Å². The van der Waals surface area contributed by atoms with Crippen LogP contribution >= 0.6 is 0 Å². The molecule has 0 N–H and O–H groups in total. The van der Waals surface area contributed by atoms with E-state index in [9.17, 15) is 8.42 Å². The van der Waals surface area contributed by atoms with Crippen molar-refractivity contribution in [1.82, 2.24) is 4.98 Å². The summed E-state index contributed by atoms with van der Waals surface area (Å²) < 4.78 is 32.8. The monoisotopic (exact) mass is 368 g/mol. The van der Waals surface area contributed by atoms with E-state index in [-0.39, 0.29) is 12.3 Å². The third-order valence-electron chi connectivity index (χ3n) is 3.84. The van der Waals surface area contributed by atoms with E-state index in [0.29, 0.717) is 22.9 Å². The number of pyridine rings is 1. The van der Waals surface area contributed by atoms with Gasteiger partial charge in [-0.1, -0.05) is 36.4 Å². The van der Waals surface area contributed by atoms with Crippen LogP contribution in [0.4, 0.5) is 5.69 Å². The van der Waals surface area contributed by atoms with Crippen molar-refractivity contribution in [3.8, 4) is 11.5 Å². The number of benzene rings is 2. The number of ether oxygens (including phenoxy) is 1. The quantitative estimate of drug-likeness (QED) is 0.626. The van der Waals surface area contributed by atoms with Crippen molar-refractivity contribution >= 4 is 15.7 Å². The van der Waals surface area contributed by atoms with E-state index in [2.05, 4.69) is 4.98 Å². The molecule has 3 rings (SSSR count). The summed E-state index contributed by atoms with van der Waals surface area (Å²) >= 11 is 0. The normalized spacial score (nSPS) is 11.1. The predicted molar refractivity (Wildman–Crippen MR) is 103 cm³/mol. The molecule has 5 nitrogen and oxygen atoms in total. The predicted octanol–water partition coefficient (Wildman–Crippen LogP) is 4.23. The first-order chi connectivity index (χ1) is 12.6. The Hall–Kier alpha value is -2.86. The van der Waals surface area contributed by atoms with Crippen molar-refractivity contribution in [2.75, 3.05) is 10.1 Å². The maximum atomic E-state index is 12.8. The van der Waals surface area contributed by atoms with E-state index < -0.39 is 10.0 Å². The van der Waals surface area contributed by atoms with Gasteiger partial charge in [-0.2, -0.15) is 0 Å². The fraction of sp³-hybridized carbons (Fsp3) is 0.150. The summed E-state index contributed by atoms with van der Waals surface area (Å²) in [6.07, 6.45) is 1.65. The Balaban J connectivity index is 2.01. The first kappa shape index (κ1) is 17.9. The Labute approximate surface area is 153 Å². The van der Waals surface area contributed by atoms with Crippen molar-refractivity contribution in [3.63, 3.8) is 0 Å². The summed E-state index contributed by atoms with van der Waals surface area (Å²) in [7, 11) is -3.51. The molecule has 0 saturated heterocycles. The molecule has 3 aromatic rings. The molecule has 134 valence electrons. The zero-order valence-electron chi connectivity index (χ0n) is 14.4. The molecule has 0 atom stereocenters. The zero-order chi connectivity index (χ0) is 18.4. The lowest BCUT2D eigenvalue weighted by Crippen LogP contribution is -2.32. The number of hydrogen-bond donors (Lipinski definition) is 0. The number of anilines is 1. The summed E-state index contributed by atoms with van der Waals surface area (Å²) in [5.41, 5.74) is 1.16. The van der Waals surface area contributed by atoms with E-state index in [1.54, 1.807) is 43.5 Å². The SMILES string of the molecule is CCS(=O)(=O)N(Cc1ccccn1)c1ccccc1Oc1ccccc1. The first-order valence-electron chi connectivity index (χ1n) is 8.32. The van der Waals surface area contributed by atoms with E-state index in [0.717, 1.165) is 0 Å². The molecule has 26 heavy (non-hydrogen) atoms. The molecule has 0 unspecified atom stereocenters. The van der Waals surface area contributed by atoms with Crippen molar-refractivity contribution in [2.24, 2.45) is 0 Å². The molecule has 6 heteroatoms. The van der Waals surface area contributed by atoms with Gasteiger partial charge in [0.25, 0.3) is 0 Å². The van der Waals surface area contributed by atoms with Gasteiger partial charge in [0, 0.05) is 6.20 Å². The first-order valence-corrected chi connectivity index (χ1v) is 9.93. The number of sulfonamides is 1. The Bertz CT molecular complexity index is 945. The minimum atomic E-state index is -3.51. The lowest BCUT2D eigenvalue weighted by atomic mass is 10.2. The Morgan fingerprint density at radius 3 is 2.31 bits per heavy atom. The van der Waals surface area contributed by atoms with Gasteiger partial charge in [-0.05, 0) is 43.3 Å². The van der Waals surface area contributed by atoms with Crippen molar-refractivity contribution in [2.45, 2.75) is 13.5 Å². The van der Waals surface area contributed by atoms with Crippen LogP contribution in [-0.2, 0) is 16.6 Å². The second-order valence-corrected chi connectivity index (χ2v) is 7.79. The van der Waals surface area contributed by atoms with Crippen LogP contribution in [0.1, 0.15) is 12.6 Å². The fourth-order valence-corrected chi connectivity index (χ4v) is 3.58. The van der Waals surface area contributed by atoms with Crippen LogP contribution < -0.4 is 9.04 Å². The molecule has 0 aliphatic carbocycles. The van der Waals surface area contributed by atoms with Gasteiger partial charge >= 0.3 is 0 Å². The summed E-state index contributed by atoms with van der Waals surface area (Å²) in [4.78, 5) is 4.26. The molecule has 0 aliphatic rings. The maximum absolute atomic E-state index is 12.8. The Morgan fingerprint density at radius 1 is 0.923 bits per heavy atom. The average Bonchev–Trinajstić information content (AvgIpc) is 2.68. The highest BCUT2D eigenvalue weighted by atomic mass is 32.2. The fourth-order valence-electron chi connectivity index (χ4n) is 2.49. The molecule has 0 spiro atoms. The molecule has 0 bridgehead atoms. The molecule has 0 saturated carbocycles. The maximum Gasteiger partial charge on any atom is 0.235 e. The lowest BCUT2D eigenvalue weighted by molar-refractivity contribution is 0.482. The van der Waals surface area contributed by atoms with Crippen LogP contribution in [0.15, 0.2) is 79.0 Å². The van der Waals surface area contributed by atoms with E-state index in [1.807, 2.05) is 42.5 Å². The Kier molecular flexibility index (Phi) is 5.53. The number of hydrogen-bond acceptors (Lipinski definition) is 4. The Morgan fingerprint density at radius 2 is 1.62 bits per heavy atom. The number of rotatable bonds is 7. The number of aromatic nitrogens is 1. The minimum Gasteiger partial charge on any atom is -0.455 e. The van der Waals surface area contributed by atoms with Gasteiger partial charge in [0.15, 0.2) is 5.75 Å². The average molecular weight is 368 g/mol. The number of para-hydroxylation sites is 3. The van der Waals surface area contributed by atoms with Gasteiger partial charge < -0.3 is 4.74 Å². The van der Waals surface area contributed by atoms with Crippen molar-refractivity contribution in [3.05, 3.63) is 84.7 Å². The van der Waals surface area contributed by atoms with Crippen LogP contribution in [0.3, 0.4) is 0 Å². The summed E-state index contributed by atoms with van der Waals surface area (Å²) in [6, 6.07) is 21.9. The standard InChI is InChI=1S/C20H20N2O3S/c1-2-26(23,24)22(16-17-10-8-9-15-21-17)19-13-6-7-14-20(19)25-18-11-4-3-5-12-18/h3-15H,2,16H2,1H3. The molecular formula is C20H20N2O3S. The van der Waals surface area contributed by atoms with Gasteiger partial charge in [-0.15, -0.1) is 0 Å². The topological polar surface area (TPSA) is 59.5 Å². The highest BCUT2D eigenvalue weighted by Gasteiger charge is 2.24. The van der Waals surface area contributed by atoms with Gasteiger partial charge in [0.1, 0.15) is 5.75 Å². The van der Waals surface area contributed by atoms with Crippen LogP contribution in [0.5, 0.6) is 11.5 Å². The largest absolute Gasteiger partial charge is 0.455 e. The molecule has 1 aromatic heterocycles. The van der Waals surface area contributed by atoms with E-state index in [1.165, 1.54) is 4.31 Å². The second-order valence-electron chi connectivity index (χ2n) is 5.61. The molecule has 2 aromatic carbocycles. The third-order valence-corrected chi connectivity index (χ3v) is 5.56. The summed E-state index contributed by atoms with van der Waals surface area (Å²) in [5.74, 6) is 1.11. The van der Waals surface area contributed by atoms with Gasteiger partial charge in [0.2, 0.25) is 10.0 Å². The van der Waals surface area contributed by atoms with Crippen LogP contribution in [0, 0.1) is 0 Å².